The Bertz CT molecular complexity index is 1230. The molecule has 0 saturated heterocycles. The second-order valence-electron chi connectivity index (χ2n) is 6.71. The van der Waals surface area contributed by atoms with Gasteiger partial charge >= 0.3 is 5.97 Å². The van der Waals surface area contributed by atoms with E-state index in [4.69, 9.17) is 14.2 Å². The Balaban J connectivity index is 1.93. The number of benzene rings is 2. The van der Waals surface area contributed by atoms with Gasteiger partial charge in [-0.05, 0) is 43.3 Å². The molecule has 0 amide bonds. The molecule has 9 heteroatoms. The molecule has 30 heavy (non-hydrogen) atoms. The van der Waals surface area contributed by atoms with Crippen LogP contribution >= 0.6 is 0 Å². The highest BCUT2D eigenvalue weighted by Gasteiger charge is 2.30. The number of rotatable bonds is 5. The van der Waals surface area contributed by atoms with Crippen LogP contribution in [0.25, 0.3) is 17.1 Å². The highest BCUT2D eigenvalue weighted by Crippen LogP contribution is 2.37. The molecule has 1 aliphatic rings. The molecule has 0 N–H and O–H groups in total. The van der Waals surface area contributed by atoms with E-state index >= 15 is 0 Å². The van der Waals surface area contributed by atoms with Crippen molar-refractivity contribution in [2.45, 2.75) is 18.4 Å². The van der Waals surface area contributed by atoms with Crippen LogP contribution < -0.4 is 9.47 Å². The minimum absolute atomic E-state index is 0.0531. The van der Waals surface area contributed by atoms with Crippen LogP contribution in [0.15, 0.2) is 47.4 Å². The molecule has 4 rings (SSSR count). The van der Waals surface area contributed by atoms with Gasteiger partial charge in [0.15, 0.2) is 15.5 Å². The first-order valence-corrected chi connectivity index (χ1v) is 11.1. The van der Waals surface area contributed by atoms with E-state index in [-0.39, 0.29) is 23.8 Å². The Morgan fingerprint density at radius 1 is 1.20 bits per heavy atom. The first-order chi connectivity index (χ1) is 14.3. The standard InChI is InChI=1S/C21H20N2O6S/c1-4-28-21(24)19-17-12-29-18-11-15(30(3,25)26)9-10-16(18)23(17)20(22-19)13-5-7-14(27-2)8-6-13/h5-11H,4,12H2,1-3H3. The normalized spacial score (nSPS) is 12.5. The third-order valence-corrected chi connectivity index (χ3v) is 5.86. The Morgan fingerprint density at radius 2 is 1.93 bits per heavy atom. The number of methoxy groups -OCH3 is 1. The lowest BCUT2D eigenvalue weighted by molar-refractivity contribution is 0.0516. The lowest BCUT2D eigenvalue weighted by Crippen LogP contribution is -2.17. The molecule has 0 fully saturated rings. The van der Waals surface area contributed by atoms with Crippen LogP contribution in [0.5, 0.6) is 11.5 Å². The van der Waals surface area contributed by atoms with E-state index in [2.05, 4.69) is 4.98 Å². The summed E-state index contributed by atoms with van der Waals surface area (Å²) < 4.78 is 41.8. The zero-order valence-electron chi connectivity index (χ0n) is 16.7. The first kappa shape index (κ1) is 20.0. The van der Waals surface area contributed by atoms with Crippen LogP contribution in [0.2, 0.25) is 0 Å². The van der Waals surface area contributed by atoms with E-state index in [1.807, 2.05) is 12.1 Å². The zero-order chi connectivity index (χ0) is 21.5. The van der Waals surface area contributed by atoms with Gasteiger partial charge in [0, 0.05) is 17.9 Å². The van der Waals surface area contributed by atoms with E-state index in [0.717, 1.165) is 11.8 Å². The van der Waals surface area contributed by atoms with E-state index in [1.54, 1.807) is 36.8 Å². The molecule has 0 unspecified atom stereocenters. The van der Waals surface area contributed by atoms with Gasteiger partial charge in [-0.25, -0.2) is 18.2 Å². The number of aromatic nitrogens is 2. The molecule has 0 bridgehead atoms. The van der Waals surface area contributed by atoms with Crippen molar-refractivity contribution in [3.8, 4) is 28.6 Å². The SMILES string of the molecule is CCOC(=O)c1nc(-c2ccc(OC)cc2)n2c1COc1cc(S(C)(=O)=O)ccc1-2. The smallest absolute Gasteiger partial charge is 0.358 e. The van der Waals surface area contributed by atoms with Crippen LogP contribution in [-0.2, 0) is 21.2 Å². The second-order valence-corrected chi connectivity index (χ2v) is 8.72. The van der Waals surface area contributed by atoms with E-state index in [9.17, 15) is 13.2 Å². The third kappa shape index (κ3) is 3.41. The number of carbonyl (C=O) groups excluding carboxylic acids is 1. The summed E-state index contributed by atoms with van der Waals surface area (Å²) in [5, 5.41) is 0. The number of nitrogens with zero attached hydrogens (tertiary/aromatic N) is 2. The van der Waals surface area contributed by atoms with Crippen LogP contribution in [-0.4, -0.2) is 43.9 Å². The summed E-state index contributed by atoms with van der Waals surface area (Å²) in [5.41, 5.74) is 2.06. The Labute approximate surface area is 173 Å². The summed E-state index contributed by atoms with van der Waals surface area (Å²) in [7, 11) is -1.81. The molecular weight excluding hydrogens is 408 g/mol. The van der Waals surface area contributed by atoms with E-state index < -0.39 is 15.8 Å². The van der Waals surface area contributed by atoms with Gasteiger partial charge in [-0.2, -0.15) is 0 Å². The van der Waals surface area contributed by atoms with Crippen molar-refractivity contribution in [1.82, 2.24) is 9.55 Å². The number of hydrogen-bond donors (Lipinski definition) is 0. The van der Waals surface area contributed by atoms with E-state index in [0.29, 0.717) is 28.7 Å². The first-order valence-electron chi connectivity index (χ1n) is 9.24. The predicted octanol–water partition coefficient (Wildman–Crippen LogP) is 3.02. The van der Waals surface area contributed by atoms with Gasteiger partial charge in [-0.3, -0.25) is 4.57 Å². The predicted molar refractivity (Wildman–Crippen MR) is 109 cm³/mol. The summed E-state index contributed by atoms with van der Waals surface area (Å²) in [6, 6.07) is 11.9. The molecule has 8 nitrogen and oxygen atoms in total. The van der Waals surface area contributed by atoms with Gasteiger partial charge in [-0.15, -0.1) is 0 Å². The van der Waals surface area contributed by atoms with Gasteiger partial charge in [0.05, 0.1) is 30.0 Å². The minimum Gasteiger partial charge on any atom is -0.497 e. The number of sulfone groups is 1. The largest absolute Gasteiger partial charge is 0.497 e. The second kappa shape index (κ2) is 7.49. The lowest BCUT2D eigenvalue weighted by Gasteiger charge is -2.22. The summed E-state index contributed by atoms with van der Waals surface area (Å²) in [4.78, 5) is 17.2. The van der Waals surface area contributed by atoms with Gasteiger partial charge < -0.3 is 14.2 Å². The summed E-state index contributed by atoms with van der Waals surface area (Å²) in [6.07, 6.45) is 1.14. The Hall–Kier alpha value is -3.33. The molecule has 3 aromatic rings. The highest BCUT2D eigenvalue weighted by molar-refractivity contribution is 7.90. The van der Waals surface area contributed by atoms with Crippen LogP contribution in [0.1, 0.15) is 23.1 Å². The summed E-state index contributed by atoms with van der Waals surface area (Å²) in [6.45, 7) is 2.00. The maximum atomic E-state index is 12.5. The quantitative estimate of drug-likeness (QED) is 0.576. The van der Waals surface area contributed by atoms with Crippen molar-refractivity contribution in [2.24, 2.45) is 0 Å². The van der Waals surface area contributed by atoms with Crippen molar-refractivity contribution < 1.29 is 27.4 Å². The van der Waals surface area contributed by atoms with Gasteiger partial charge in [0.1, 0.15) is 23.9 Å². The number of hydrogen-bond acceptors (Lipinski definition) is 7. The van der Waals surface area contributed by atoms with Gasteiger partial charge in [-0.1, -0.05) is 0 Å². The minimum atomic E-state index is -3.39. The fraction of sp³-hybridized carbons (Fsp3) is 0.238. The number of imidazole rings is 1. The van der Waals surface area contributed by atoms with Crippen molar-refractivity contribution in [3.63, 3.8) is 0 Å². The topological polar surface area (TPSA) is 96.7 Å². The average molecular weight is 428 g/mol. The van der Waals surface area contributed by atoms with Crippen molar-refractivity contribution in [1.29, 1.82) is 0 Å². The van der Waals surface area contributed by atoms with Crippen LogP contribution in [0, 0.1) is 0 Å². The molecule has 0 spiro atoms. The fourth-order valence-corrected chi connectivity index (χ4v) is 3.95. The zero-order valence-corrected chi connectivity index (χ0v) is 17.5. The average Bonchev–Trinajstić information content (AvgIpc) is 3.13. The molecule has 1 aromatic heterocycles. The molecular formula is C21H20N2O6S. The highest BCUT2D eigenvalue weighted by atomic mass is 32.2. The number of ether oxygens (including phenoxy) is 3. The summed E-state index contributed by atoms with van der Waals surface area (Å²) >= 11 is 0. The molecule has 156 valence electrons. The van der Waals surface area contributed by atoms with Crippen molar-refractivity contribution in [2.75, 3.05) is 20.0 Å². The third-order valence-electron chi connectivity index (χ3n) is 4.75. The van der Waals surface area contributed by atoms with Crippen molar-refractivity contribution in [3.05, 3.63) is 53.9 Å². The van der Waals surface area contributed by atoms with Gasteiger partial charge in [0.2, 0.25) is 0 Å². The maximum Gasteiger partial charge on any atom is 0.358 e. The molecule has 2 aromatic carbocycles. The van der Waals surface area contributed by atoms with Crippen molar-refractivity contribution >= 4 is 15.8 Å². The molecule has 0 aliphatic carbocycles. The molecule has 0 atom stereocenters. The summed E-state index contributed by atoms with van der Waals surface area (Å²) in [5.74, 6) is 1.07. The molecule has 2 heterocycles. The molecule has 0 saturated carbocycles. The number of esters is 1. The monoisotopic (exact) mass is 428 g/mol. The number of fused-ring (bicyclic) bond motifs is 3. The fourth-order valence-electron chi connectivity index (χ4n) is 3.31. The van der Waals surface area contributed by atoms with Crippen LogP contribution in [0.4, 0.5) is 0 Å². The maximum absolute atomic E-state index is 12.5. The number of carbonyl (C=O) groups is 1. The molecule has 0 radical (unpaired) electrons. The van der Waals surface area contributed by atoms with Crippen LogP contribution in [0.3, 0.4) is 0 Å². The molecule has 1 aliphatic heterocycles. The Kier molecular flexibility index (Phi) is 4.98. The lowest BCUT2D eigenvalue weighted by atomic mass is 10.2. The Morgan fingerprint density at radius 3 is 2.57 bits per heavy atom. The van der Waals surface area contributed by atoms with Gasteiger partial charge in [0.25, 0.3) is 0 Å². The van der Waals surface area contributed by atoms with E-state index in [1.165, 1.54) is 12.1 Å².